The lowest BCUT2D eigenvalue weighted by Gasteiger charge is -2.33. The molecule has 2 rings (SSSR count). The second-order valence-corrected chi connectivity index (χ2v) is 6.55. The number of carbonyl (C=O) groups is 1. The van der Waals surface area contributed by atoms with E-state index in [0.29, 0.717) is 18.7 Å². The fourth-order valence-corrected chi connectivity index (χ4v) is 3.02. The van der Waals surface area contributed by atoms with E-state index in [4.69, 9.17) is 4.74 Å². The molecule has 8 nitrogen and oxygen atoms in total. The Morgan fingerprint density at radius 2 is 2.08 bits per heavy atom. The molecule has 0 aromatic carbocycles. The molecule has 1 aliphatic heterocycles. The Labute approximate surface area is 153 Å². The van der Waals surface area contributed by atoms with Crippen LogP contribution in [0.15, 0.2) is 24.5 Å². The number of rotatable bonds is 3. The highest BCUT2D eigenvalue weighted by Gasteiger charge is 2.34. The molecule has 0 unspecified atom stereocenters. The first-order valence-corrected chi connectivity index (χ1v) is 9.00. The predicted octanol–water partition coefficient (Wildman–Crippen LogP) is -0.442. The largest absolute Gasteiger partial charge is 0.394 e. The molecule has 1 fully saturated rings. The summed E-state index contributed by atoms with van der Waals surface area (Å²) in [5.41, 5.74) is 0.407. The van der Waals surface area contributed by atoms with E-state index in [1.807, 2.05) is 0 Å². The van der Waals surface area contributed by atoms with Gasteiger partial charge in [0.2, 0.25) is 0 Å². The highest BCUT2D eigenvalue weighted by atomic mass is 16.5. The van der Waals surface area contributed by atoms with Crippen molar-refractivity contribution in [3.63, 3.8) is 0 Å². The summed E-state index contributed by atoms with van der Waals surface area (Å²) in [6.07, 6.45) is 1.14. The van der Waals surface area contributed by atoms with Crippen LogP contribution in [0.25, 0.3) is 0 Å². The van der Waals surface area contributed by atoms with E-state index in [-0.39, 0.29) is 12.5 Å². The molecule has 1 aromatic rings. The third kappa shape index (κ3) is 5.72. The number of hydrogen-bond donors (Lipinski definition) is 4. The number of β-amino-alcohol motifs (C(OH)–C–C–N with tert-alkyl or cyclic N) is 1. The van der Waals surface area contributed by atoms with Crippen molar-refractivity contribution >= 4 is 5.91 Å². The van der Waals surface area contributed by atoms with Gasteiger partial charge in [-0.05, 0) is 25.0 Å². The normalized spacial score (nSPS) is 27.2. The van der Waals surface area contributed by atoms with Gasteiger partial charge in [0.1, 0.15) is 24.4 Å². The second-order valence-electron chi connectivity index (χ2n) is 6.55. The van der Waals surface area contributed by atoms with Crippen LogP contribution in [-0.2, 0) is 4.74 Å². The number of aliphatic hydroxyl groups excluding tert-OH is 4. The Morgan fingerprint density at radius 3 is 2.77 bits per heavy atom. The number of hydrogen-bond acceptors (Lipinski definition) is 7. The van der Waals surface area contributed by atoms with Crippen LogP contribution < -0.4 is 0 Å². The van der Waals surface area contributed by atoms with Gasteiger partial charge in [0.25, 0.3) is 5.91 Å². The summed E-state index contributed by atoms with van der Waals surface area (Å²) < 4.78 is 5.50. The Morgan fingerprint density at radius 1 is 1.31 bits per heavy atom. The van der Waals surface area contributed by atoms with Crippen molar-refractivity contribution in [2.24, 2.45) is 0 Å². The van der Waals surface area contributed by atoms with Gasteiger partial charge in [-0.1, -0.05) is 12.8 Å². The van der Waals surface area contributed by atoms with E-state index in [1.54, 1.807) is 18.3 Å². The van der Waals surface area contributed by atoms with Gasteiger partial charge in [-0.25, -0.2) is 0 Å². The van der Waals surface area contributed by atoms with Crippen molar-refractivity contribution in [2.45, 2.75) is 50.1 Å². The van der Waals surface area contributed by atoms with Crippen LogP contribution in [0.5, 0.6) is 0 Å². The van der Waals surface area contributed by atoms with Gasteiger partial charge in [0.15, 0.2) is 0 Å². The molecule has 1 aliphatic rings. The van der Waals surface area contributed by atoms with Crippen LogP contribution in [0.1, 0.15) is 36.0 Å². The van der Waals surface area contributed by atoms with E-state index in [2.05, 4.69) is 4.98 Å². The molecule has 2 heterocycles. The molecule has 8 heteroatoms. The van der Waals surface area contributed by atoms with Crippen molar-refractivity contribution in [2.75, 3.05) is 26.3 Å². The van der Waals surface area contributed by atoms with E-state index in [9.17, 15) is 25.2 Å². The van der Waals surface area contributed by atoms with E-state index < -0.39 is 31.0 Å². The fourth-order valence-electron chi connectivity index (χ4n) is 3.02. The van der Waals surface area contributed by atoms with Gasteiger partial charge >= 0.3 is 0 Å². The molecule has 26 heavy (non-hydrogen) atoms. The second kappa shape index (κ2) is 10.5. The Balaban J connectivity index is 2.15. The number of carbonyl (C=O) groups excluding carboxylic acids is 1. The van der Waals surface area contributed by atoms with E-state index in [0.717, 1.165) is 25.7 Å². The molecule has 0 aliphatic carbocycles. The monoisotopic (exact) mass is 368 g/mol. The molecule has 1 amide bonds. The lowest BCUT2D eigenvalue weighted by molar-refractivity contribution is -0.145. The van der Waals surface area contributed by atoms with Crippen molar-refractivity contribution < 1.29 is 30.0 Å². The van der Waals surface area contributed by atoms with Crippen LogP contribution in [0, 0.1) is 0 Å². The summed E-state index contributed by atoms with van der Waals surface area (Å²) in [7, 11) is 0. The standard InChI is InChI=1S/C18H28N2O6/c21-12-15(23)17-16(24)14(22)11-20(8-3-1-2-4-9-26-17)18(25)13-6-5-7-19-10-13/h5-7,10,14-17,21-24H,1-4,8-9,11-12H2/t14-,15+,16+,17+/m0/s1. The lowest BCUT2D eigenvalue weighted by Crippen LogP contribution is -2.52. The zero-order chi connectivity index (χ0) is 18.9. The average Bonchev–Trinajstić information content (AvgIpc) is 2.67. The maximum absolute atomic E-state index is 12.7. The summed E-state index contributed by atoms with van der Waals surface area (Å²) >= 11 is 0. The minimum Gasteiger partial charge on any atom is -0.394 e. The summed E-state index contributed by atoms with van der Waals surface area (Å²) in [6, 6.07) is 3.31. The zero-order valence-electron chi connectivity index (χ0n) is 14.8. The number of aromatic nitrogens is 1. The van der Waals surface area contributed by atoms with Crippen molar-refractivity contribution in [3.05, 3.63) is 30.1 Å². The highest BCUT2D eigenvalue weighted by Crippen LogP contribution is 2.16. The van der Waals surface area contributed by atoms with Gasteiger partial charge in [-0.3, -0.25) is 9.78 Å². The van der Waals surface area contributed by atoms with Crippen LogP contribution in [-0.4, -0.2) is 86.9 Å². The van der Waals surface area contributed by atoms with Gasteiger partial charge in [-0.15, -0.1) is 0 Å². The molecular weight excluding hydrogens is 340 g/mol. The van der Waals surface area contributed by atoms with Crippen molar-refractivity contribution in [3.8, 4) is 0 Å². The van der Waals surface area contributed by atoms with Crippen LogP contribution in [0.2, 0.25) is 0 Å². The number of nitrogens with zero attached hydrogens (tertiary/aromatic N) is 2. The summed E-state index contributed by atoms with van der Waals surface area (Å²) in [5, 5.41) is 39.9. The molecular formula is C18H28N2O6. The molecule has 0 radical (unpaired) electrons. The first kappa shape index (κ1) is 20.7. The van der Waals surface area contributed by atoms with Gasteiger partial charge in [0, 0.05) is 32.1 Å². The van der Waals surface area contributed by atoms with Crippen LogP contribution in [0.3, 0.4) is 0 Å². The molecule has 0 saturated carbocycles. The van der Waals surface area contributed by atoms with Gasteiger partial charge in [0.05, 0.1) is 12.2 Å². The third-order valence-electron chi connectivity index (χ3n) is 4.53. The number of pyridine rings is 1. The Bertz CT molecular complexity index is 544. The molecule has 1 saturated heterocycles. The van der Waals surface area contributed by atoms with Crippen LogP contribution in [0.4, 0.5) is 0 Å². The molecule has 1 aromatic heterocycles. The van der Waals surface area contributed by atoms with E-state index >= 15 is 0 Å². The Kier molecular flexibility index (Phi) is 8.40. The smallest absolute Gasteiger partial charge is 0.255 e. The minimum atomic E-state index is -1.43. The van der Waals surface area contributed by atoms with E-state index in [1.165, 1.54) is 11.1 Å². The maximum atomic E-state index is 12.7. The van der Waals surface area contributed by atoms with Gasteiger partial charge in [-0.2, -0.15) is 0 Å². The van der Waals surface area contributed by atoms with Crippen molar-refractivity contribution in [1.29, 1.82) is 0 Å². The predicted molar refractivity (Wildman–Crippen MR) is 93.5 cm³/mol. The quantitative estimate of drug-likeness (QED) is 0.570. The maximum Gasteiger partial charge on any atom is 0.255 e. The topological polar surface area (TPSA) is 123 Å². The SMILES string of the molecule is O=C(c1cccnc1)N1CCCCCCO[C@H]([C@H](O)CO)[C@H](O)[C@@H](O)C1. The molecule has 0 spiro atoms. The third-order valence-corrected chi connectivity index (χ3v) is 4.53. The van der Waals surface area contributed by atoms with Crippen LogP contribution >= 0.6 is 0 Å². The lowest BCUT2D eigenvalue weighted by atomic mass is 10.0. The van der Waals surface area contributed by atoms with Gasteiger partial charge < -0.3 is 30.1 Å². The number of amides is 1. The first-order valence-electron chi connectivity index (χ1n) is 9.00. The average molecular weight is 368 g/mol. The molecule has 4 atom stereocenters. The molecule has 0 bridgehead atoms. The summed E-state index contributed by atoms with van der Waals surface area (Å²) in [4.78, 5) is 18.1. The summed E-state index contributed by atoms with van der Waals surface area (Å²) in [5.74, 6) is -0.276. The Hall–Kier alpha value is -1.58. The summed E-state index contributed by atoms with van der Waals surface area (Å²) in [6.45, 7) is 0.0785. The minimum absolute atomic E-state index is 0.104. The molecule has 146 valence electrons. The zero-order valence-corrected chi connectivity index (χ0v) is 14.8. The first-order chi connectivity index (χ1) is 12.5. The number of aliphatic hydroxyl groups is 4. The van der Waals surface area contributed by atoms with Crippen molar-refractivity contribution in [1.82, 2.24) is 9.88 Å². The molecule has 4 N–H and O–H groups in total. The fraction of sp³-hybridized carbons (Fsp3) is 0.667. The highest BCUT2D eigenvalue weighted by molar-refractivity contribution is 5.93. The number of ether oxygens (including phenoxy) is 1.